The minimum absolute atomic E-state index is 1.08. The van der Waals surface area contributed by atoms with Crippen molar-refractivity contribution in [1.29, 1.82) is 0 Å². The Balaban J connectivity index is 3.66. The maximum Gasteiger partial charge on any atom is 0.0187 e. The first-order chi connectivity index (χ1) is 6.20. The summed E-state index contributed by atoms with van der Waals surface area (Å²) in [7, 11) is 0. The third-order valence-corrected chi connectivity index (χ3v) is 2.15. The molecule has 0 bridgehead atoms. The van der Waals surface area contributed by atoms with E-state index in [-0.39, 0.29) is 0 Å². The molecule has 0 saturated heterocycles. The van der Waals surface area contributed by atoms with E-state index in [0.29, 0.717) is 0 Å². The highest BCUT2D eigenvalue weighted by Crippen LogP contribution is 2.02. The number of hydrogen-bond acceptors (Lipinski definition) is 1. The van der Waals surface area contributed by atoms with Gasteiger partial charge in [-0.15, -0.1) is 0 Å². The second kappa shape index (κ2) is 8.31. The van der Waals surface area contributed by atoms with Crippen LogP contribution in [0.5, 0.6) is 0 Å². The first-order valence-corrected chi connectivity index (χ1v) is 5.57. The Labute approximate surface area is 83.8 Å². The molecular weight excluding hydrogens is 158 g/mol. The van der Waals surface area contributed by atoms with Gasteiger partial charge in [-0.25, -0.2) is 0 Å². The molecule has 0 N–H and O–H groups in total. The molecule has 0 aliphatic rings. The van der Waals surface area contributed by atoms with Gasteiger partial charge < -0.3 is 0 Å². The van der Waals surface area contributed by atoms with Gasteiger partial charge in [0.1, 0.15) is 0 Å². The molecule has 0 aromatic rings. The van der Waals surface area contributed by atoms with E-state index in [1.807, 2.05) is 0 Å². The van der Waals surface area contributed by atoms with Crippen molar-refractivity contribution < 1.29 is 0 Å². The second-order valence-corrected chi connectivity index (χ2v) is 3.94. The molecule has 78 valence electrons. The van der Waals surface area contributed by atoms with Crippen LogP contribution >= 0.6 is 0 Å². The van der Waals surface area contributed by atoms with Crippen LogP contribution in [0.25, 0.3) is 0 Å². The van der Waals surface area contributed by atoms with Crippen LogP contribution in [0.15, 0.2) is 12.2 Å². The van der Waals surface area contributed by atoms with E-state index < -0.39 is 0 Å². The molecule has 0 radical (unpaired) electrons. The fraction of sp³-hybridized carbons (Fsp3) is 0.833. The first-order valence-electron chi connectivity index (χ1n) is 5.57. The lowest BCUT2D eigenvalue weighted by Gasteiger charge is -2.21. The van der Waals surface area contributed by atoms with Crippen molar-refractivity contribution in [2.24, 2.45) is 0 Å². The predicted molar refractivity (Wildman–Crippen MR) is 61.1 cm³/mol. The van der Waals surface area contributed by atoms with E-state index in [0.717, 1.165) is 6.54 Å². The smallest absolute Gasteiger partial charge is 0.0187 e. The Hall–Kier alpha value is -0.300. The van der Waals surface area contributed by atoms with Crippen LogP contribution < -0.4 is 0 Å². The fourth-order valence-electron chi connectivity index (χ4n) is 1.42. The van der Waals surface area contributed by atoms with Gasteiger partial charge in [0.05, 0.1) is 0 Å². The van der Waals surface area contributed by atoms with Crippen molar-refractivity contribution in [3.63, 3.8) is 0 Å². The van der Waals surface area contributed by atoms with Crippen molar-refractivity contribution in [2.45, 2.75) is 46.5 Å². The van der Waals surface area contributed by atoms with Crippen molar-refractivity contribution in [1.82, 2.24) is 4.90 Å². The minimum Gasteiger partial charge on any atom is -0.299 e. The van der Waals surface area contributed by atoms with Gasteiger partial charge in [-0.2, -0.15) is 0 Å². The van der Waals surface area contributed by atoms with Gasteiger partial charge in [-0.1, -0.05) is 38.8 Å². The van der Waals surface area contributed by atoms with Crippen molar-refractivity contribution >= 4 is 0 Å². The summed E-state index contributed by atoms with van der Waals surface area (Å²) in [6.45, 7) is 14.1. The molecule has 0 heterocycles. The molecule has 1 heteroatoms. The van der Waals surface area contributed by atoms with Gasteiger partial charge >= 0.3 is 0 Å². The van der Waals surface area contributed by atoms with E-state index in [4.69, 9.17) is 0 Å². The highest BCUT2D eigenvalue weighted by Gasteiger charge is 2.02. The largest absolute Gasteiger partial charge is 0.299 e. The molecule has 0 unspecified atom stereocenters. The number of nitrogens with zero attached hydrogens (tertiary/aromatic N) is 1. The summed E-state index contributed by atoms with van der Waals surface area (Å²) in [6, 6.07) is 0. The van der Waals surface area contributed by atoms with E-state index in [2.05, 4.69) is 32.3 Å². The molecule has 0 aliphatic carbocycles. The zero-order valence-electron chi connectivity index (χ0n) is 9.60. The number of rotatable bonds is 8. The Morgan fingerprint density at radius 3 is 1.85 bits per heavy atom. The minimum atomic E-state index is 1.08. The number of hydrogen-bond donors (Lipinski definition) is 0. The van der Waals surface area contributed by atoms with E-state index in [1.165, 1.54) is 44.3 Å². The van der Waals surface area contributed by atoms with Crippen LogP contribution in [-0.2, 0) is 0 Å². The zero-order chi connectivity index (χ0) is 10.1. The molecule has 0 fully saturated rings. The molecule has 0 atom stereocenters. The van der Waals surface area contributed by atoms with Crippen LogP contribution in [0.4, 0.5) is 0 Å². The zero-order valence-corrected chi connectivity index (χ0v) is 9.60. The predicted octanol–water partition coefficient (Wildman–Crippen LogP) is 3.46. The van der Waals surface area contributed by atoms with Gasteiger partial charge in [0.25, 0.3) is 0 Å². The normalized spacial score (nSPS) is 10.8. The Morgan fingerprint density at radius 1 is 1.08 bits per heavy atom. The fourth-order valence-corrected chi connectivity index (χ4v) is 1.42. The summed E-state index contributed by atoms with van der Waals surface area (Å²) in [5, 5.41) is 0. The molecule has 0 spiro atoms. The van der Waals surface area contributed by atoms with Crippen LogP contribution in [0.2, 0.25) is 0 Å². The van der Waals surface area contributed by atoms with Gasteiger partial charge in [-0.3, -0.25) is 4.90 Å². The molecular formula is C12H25N. The van der Waals surface area contributed by atoms with Crippen LogP contribution in [0, 0.1) is 0 Å². The third kappa shape index (κ3) is 8.04. The van der Waals surface area contributed by atoms with Gasteiger partial charge in [0.2, 0.25) is 0 Å². The molecule has 0 saturated carbocycles. The summed E-state index contributed by atoms with van der Waals surface area (Å²) in [6.07, 6.45) is 5.21. The summed E-state index contributed by atoms with van der Waals surface area (Å²) in [5.74, 6) is 0. The van der Waals surface area contributed by atoms with Gasteiger partial charge in [0, 0.05) is 6.54 Å². The summed E-state index contributed by atoms with van der Waals surface area (Å²) in [4.78, 5) is 2.52. The Kier molecular flexibility index (Phi) is 8.11. The SMILES string of the molecule is C=C(C)CN(CCCC)CCCC. The summed E-state index contributed by atoms with van der Waals surface area (Å²) < 4.78 is 0. The molecule has 0 aromatic heterocycles. The first kappa shape index (κ1) is 12.7. The van der Waals surface area contributed by atoms with Crippen molar-refractivity contribution in [3.8, 4) is 0 Å². The molecule has 0 aromatic carbocycles. The summed E-state index contributed by atoms with van der Waals surface area (Å²) >= 11 is 0. The monoisotopic (exact) mass is 183 g/mol. The summed E-state index contributed by atoms with van der Waals surface area (Å²) in [5.41, 5.74) is 1.28. The van der Waals surface area contributed by atoms with Gasteiger partial charge in [0.15, 0.2) is 0 Å². The lowest BCUT2D eigenvalue weighted by Crippen LogP contribution is -2.27. The third-order valence-electron chi connectivity index (χ3n) is 2.15. The molecule has 1 nitrogen and oxygen atoms in total. The Bertz CT molecular complexity index is 121. The van der Waals surface area contributed by atoms with Crippen LogP contribution in [0.1, 0.15) is 46.5 Å². The van der Waals surface area contributed by atoms with E-state index in [1.54, 1.807) is 0 Å². The average molecular weight is 183 g/mol. The number of unbranched alkanes of at least 4 members (excludes halogenated alkanes) is 2. The van der Waals surface area contributed by atoms with Gasteiger partial charge in [-0.05, 0) is 32.9 Å². The average Bonchev–Trinajstić information content (AvgIpc) is 2.09. The van der Waals surface area contributed by atoms with Crippen LogP contribution in [0.3, 0.4) is 0 Å². The van der Waals surface area contributed by atoms with Crippen molar-refractivity contribution in [3.05, 3.63) is 12.2 Å². The Morgan fingerprint density at radius 2 is 1.54 bits per heavy atom. The maximum absolute atomic E-state index is 3.97. The standard InChI is InChI=1S/C12H25N/c1-5-7-9-13(10-8-6-2)11-12(3)4/h3,5-11H2,1-2,4H3. The molecule has 0 aliphatic heterocycles. The van der Waals surface area contributed by atoms with Crippen molar-refractivity contribution in [2.75, 3.05) is 19.6 Å². The highest BCUT2D eigenvalue weighted by molar-refractivity contribution is 4.91. The van der Waals surface area contributed by atoms with E-state index in [9.17, 15) is 0 Å². The second-order valence-electron chi connectivity index (χ2n) is 3.94. The lowest BCUT2D eigenvalue weighted by molar-refractivity contribution is 0.287. The highest BCUT2D eigenvalue weighted by atomic mass is 15.1. The molecule has 0 amide bonds. The quantitative estimate of drug-likeness (QED) is 0.521. The van der Waals surface area contributed by atoms with Crippen LogP contribution in [-0.4, -0.2) is 24.5 Å². The topological polar surface area (TPSA) is 3.24 Å². The van der Waals surface area contributed by atoms with E-state index >= 15 is 0 Å². The molecule has 0 rings (SSSR count). The lowest BCUT2D eigenvalue weighted by atomic mass is 10.2. The maximum atomic E-state index is 3.97. The molecule has 13 heavy (non-hydrogen) atoms.